The number of aromatic carboxylic acids is 1. The van der Waals surface area contributed by atoms with Gasteiger partial charge in [0, 0.05) is 26.0 Å². The largest absolute Gasteiger partial charge is 1.00 e. The second-order valence-electron chi connectivity index (χ2n) is 4.51. The van der Waals surface area contributed by atoms with Crippen molar-refractivity contribution in [1.29, 1.82) is 0 Å². The van der Waals surface area contributed by atoms with E-state index in [2.05, 4.69) is 20.9 Å². The first-order chi connectivity index (χ1) is 10.0. The van der Waals surface area contributed by atoms with Crippen molar-refractivity contribution in [1.82, 2.24) is 4.98 Å². The minimum Gasteiger partial charge on any atom is -0.545 e. The summed E-state index contributed by atoms with van der Waals surface area (Å²) in [4.78, 5) is 15.9. The summed E-state index contributed by atoms with van der Waals surface area (Å²) in [6.07, 6.45) is 0. The van der Waals surface area contributed by atoms with Crippen LogP contribution in [0.15, 0.2) is 53.0 Å². The molecule has 0 unspecified atom stereocenters. The summed E-state index contributed by atoms with van der Waals surface area (Å²) in [6.45, 7) is 0. The van der Waals surface area contributed by atoms with Crippen LogP contribution in [0.3, 0.4) is 0 Å². The molecule has 0 N–H and O–H groups in total. The maximum atomic E-state index is 11.4. The number of nitrogens with zero attached hydrogens (tertiary/aromatic N) is 1. The van der Waals surface area contributed by atoms with E-state index >= 15 is 0 Å². The molecule has 6 heteroatoms. The molecule has 104 valence electrons. The Morgan fingerprint density at radius 2 is 1.77 bits per heavy atom. The Kier molecular flexibility index (Phi) is 6.19. The van der Waals surface area contributed by atoms with Crippen LogP contribution in [0, 0.1) is 0 Å². The summed E-state index contributed by atoms with van der Waals surface area (Å²) in [7, 11) is 0. The molecular formula is C16H8BrClKNO2. The van der Waals surface area contributed by atoms with E-state index in [1.54, 1.807) is 36.4 Å². The molecule has 3 nitrogen and oxygen atoms in total. The van der Waals surface area contributed by atoms with E-state index in [-0.39, 0.29) is 56.9 Å². The Balaban J connectivity index is 0.00000176. The molecule has 2 aromatic carbocycles. The van der Waals surface area contributed by atoms with E-state index in [4.69, 9.17) is 11.6 Å². The molecule has 0 aliphatic carbocycles. The number of carbonyl (C=O) groups is 1. The zero-order valence-corrected chi connectivity index (χ0v) is 17.1. The number of hydrogen-bond acceptors (Lipinski definition) is 3. The number of halogens is 2. The van der Waals surface area contributed by atoms with Crippen molar-refractivity contribution >= 4 is 44.4 Å². The third-order valence-corrected chi connectivity index (χ3v) is 3.88. The fourth-order valence-corrected chi connectivity index (χ4v) is 2.62. The van der Waals surface area contributed by atoms with Gasteiger partial charge in [0.25, 0.3) is 0 Å². The molecule has 0 radical (unpaired) electrons. The molecular weight excluding hydrogens is 393 g/mol. The fourth-order valence-electron chi connectivity index (χ4n) is 2.14. The molecule has 0 amide bonds. The molecule has 0 fully saturated rings. The summed E-state index contributed by atoms with van der Waals surface area (Å²) in [5.41, 5.74) is 2.09. The maximum absolute atomic E-state index is 11.4. The van der Waals surface area contributed by atoms with Crippen molar-refractivity contribution in [2.24, 2.45) is 0 Å². The van der Waals surface area contributed by atoms with Crippen molar-refractivity contribution in [3.63, 3.8) is 0 Å². The zero-order valence-electron chi connectivity index (χ0n) is 11.6. The SMILES string of the molecule is O=C([O-])c1cc(-c2ccc(Cl)cc2)nc2ccc(Br)cc12.[K+]. The monoisotopic (exact) mass is 399 g/mol. The molecule has 0 saturated heterocycles. The van der Waals surface area contributed by atoms with Crippen LogP contribution in [-0.4, -0.2) is 11.0 Å². The van der Waals surface area contributed by atoms with E-state index in [9.17, 15) is 9.90 Å². The fraction of sp³-hybridized carbons (Fsp3) is 0. The topological polar surface area (TPSA) is 53.0 Å². The van der Waals surface area contributed by atoms with Gasteiger partial charge in [0.15, 0.2) is 0 Å². The number of aromatic nitrogens is 1. The van der Waals surface area contributed by atoms with E-state index in [0.29, 0.717) is 21.6 Å². The molecule has 0 aliphatic rings. The van der Waals surface area contributed by atoms with Crippen LogP contribution in [0.5, 0.6) is 0 Å². The van der Waals surface area contributed by atoms with Crippen LogP contribution < -0.4 is 56.5 Å². The number of benzene rings is 2. The summed E-state index contributed by atoms with van der Waals surface area (Å²) in [6, 6.07) is 13.9. The third-order valence-electron chi connectivity index (χ3n) is 3.13. The molecule has 0 bridgehead atoms. The van der Waals surface area contributed by atoms with E-state index in [1.165, 1.54) is 6.07 Å². The Labute approximate surface area is 183 Å². The molecule has 0 aliphatic heterocycles. The van der Waals surface area contributed by atoms with Crippen LogP contribution in [0.2, 0.25) is 5.02 Å². The first kappa shape index (κ1) is 18.1. The van der Waals surface area contributed by atoms with Crippen LogP contribution >= 0.6 is 27.5 Å². The van der Waals surface area contributed by atoms with Crippen molar-refractivity contribution in [3.05, 3.63) is 63.6 Å². The molecule has 0 saturated carbocycles. The number of carboxylic acids is 1. The summed E-state index contributed by atoms with van der Waals surface area (Å²) in [5, 5.41) is 12.5. The van der Waals surface area contributed by atoms with Crippen LogP contribution in [0.1, 0.15) is 10.4 Å². The number of pyridine rings is 1. The summed E-state index contributed by atoms with van der Waals surface area (Å²) >= 11 is 9.19. The second kappa shape index (κ2) is 7.53. The average Bonchev–Trinajstić information content (AvgIpc) is 2.46. The predicted molar refractivity (Wildman–Crippen MR) is 84.2 cm³/mol. The summed E-state index contributed by atoms with van der Waals surface area (Å²) in [5.74, 6) is -1.23. The molecule has 0 atom stereocenters. The maximum Gasteiger partial charge on any atom is 1.00 e. The second-order valence-corrected chi connectivity index (χ2v) is 5.86. The number of fused-ring (bicyclic) bond motifs is 1. The average molecular weight is 401 g/mol. The Morgan fingerprint density at radius 3 is 2.41 bits per heavy atom. The van der Waals surface area contributed by atoms with E-state index < -0.39 is 5.97 Å². The Bertz CT molecular complexity index is 853. The smallest absolute Gasteiger partial charge is 0.545 e. The number of carbonyl (C=O) groups excluding carboxylic acids is 1. The Hall–Kier alpha value is -0.274. The normalized spacial score (nSPS) is 10.3. The molecule has 0 spiro atoms. The van der Waals surface area contributed by atoms with Crippen molar-refractivity contribution in [2.75, 3.05) is 0 Å². The standard InChI is InChI=1S/C16H9BrClNO2.K/c17-10-3-6-14-12(7-10)13(16(20)21)8-15(19-14)9-1-4-11(18)5-2-9;/h1-8H,(H,20,21);/q;+1/p-1. The van der Waals surface area contributed by atoms with Gasteiger partial charge in [0.05, 0.1) is 17.2 Å². The van der Waals surface area contributed by atoms with Crippen molar-refractivity contribution in [2.45, 2.75) is 0 Å². The minimum atomic E-state index is -1.23. The zero-order chi connectivity index (χ0) is 15.0. The van der Waals surface area contributed by atoms with E-state index in [0.717, 1.165) is 10.0 Å². The van der Waals surface area contributed by atoms with Crippen LogP contribution in [-0.2, 0) is 0 Å². The van der Waals surface area contributed by atoms with Gasteiger partial charge in [-0.15, -0.1) is 0 Å². The van der Waals surface area contributed by atoms with Gasteiger partial charge in [-0.1, -0.05) is 39.7 Å². The first-order valence-electron chi connectivity index (χ1n) is 6.12. The molecule has 22 heavy (non-hydrogen) atoms. The van der Waals surface area contributed by atoms with Gasteiger partial charge in [-0.05, 0) is 36.4 Å². The third kappa shape index (κ3) is 3.79. The first-order valence-corrected chi connectivity index (χ1v) is 7.29. The molecule has 3 aromatic rings. The van der Waals surface area contributed by atoms with Gasteiger partial charge < -0.3 is 9.90 Å². The van der Waals surface area contributed by atoms with Crippen molar-refractivity contribution in [3.8, 4) is 11.3 Å². The van der Waals surface area contributed by atoms with Gasteiger partial charge in [-0.2, -0.15) is 0 Å². The molecule has 1 aromatic heterocycles. The Morgan fingerprint density at radius 1 is 1.09 bits per heavy atom. The van der Waals surface area contributed by atoms with E-state index in [1.807, 2.05) is 6.07 Å². The minimum absolute atomic E-state index is 0. The predicted octanol–water partition coefficient (Wildman–Crippen LogP) is 0.685. The van der Waals surface area contributed by atoms with Gasteiger partial charge in [-0.3, -0.25) is 0 Å². The van der Waals surface area contributed by atoms with Crippen molar-refractivity contribution < 1.29 is 61.3 Å². The molecule has 1 heterocycles. The number of hydrogen-bond donors (Lipinski definition) is 0. The van der Waals surface area contributed by atoms with Gasteiger partial charge in [0.2, 0.25) is 0 Å². The van der Waals surface area contributed by atoms with Crippen LogP contribution in [0.4, 0.5) is 0 Å². The quantitative estimate of drug-likeness (QED) is 0.595. The number of carboxylic acid groups (broad SMARTS) is 1. The number of rotatable bonds is 2. The van der Waals surface area contributed by atoms with Gasteiger partial charge in [-0.25, -0.2) is 4.98 Å². The van der Waals surface area contributed by atoms with Gasteiger partial charge in [0.1, 0.15) is 0 Å². The van der Waals surface area contributed by atoms with Gasteiger partial charge >= 0.3 is 51.4 Å². The van der Waals surface area contributed by atoms with Crippen LogP contribution in [0.25, 0.3) is 22.2 Å². The summed E-state index contributed by atoms with van der Waals surface area (Å²) < 4.78 is 0.790. The molecule has 3 rings (SSSR count).